The summed E-state index contributed by atoms with van der Waals surface area (Å²) in [5, 5.41) is 0. The SMILES string of the molecule is CC/C=C\C/C=C\C/C=C\C/C=C\CCCCCCCCCCCCCCCCCCCCC(=O)OCC(COC(=O)CCCCCCCC)OC(=O)CCCCCCCCCCCCCCCCCC. The van der Waals surface area contributed by atoms with Crippen LogP contribution >= 0.6 is 0 Å². The van der Waals surface area contributed by atoms with Crippen LogP contribution in [0.2, 0.25) is 0 Å². The second kappa shape index (κ2) is 59.9. The average Bonchev–Trinajstić information content (AvgIpc) is 3.37. The maximum atomic E-state index is 12.8. The molecule has 0 aliphatic rings. The van der Waals surface area contributed by atoms with Gasteiger partial charge in [-0.2, -0.15) is 0 Å². The number of allylic oxidation sites excluding steroid dienone is 8. The lowest BCUT2D eigenvalue weighted by atomic mass is 10.0. The van der Waals surface area contributed by atoms with E-state index in [1.165, 1.54) is 205 Å². The summed E-state index contributed by atoms with van der Waals surface area (Å²) >= 11 is 0. The van der Waals surface area contributed by atoms with E-state index < -0.39 is 6.10 Å². The van der Waals surface area contributed by atoms with E-state index in [0.29, 0.717) is 19.3 Å². The fourth-order valence-corrected chi connectivity index (χ4v) is 9.20. The zero-order valence-electron chi connectivity index (χ0n) is 47.5. The number of carbonyl (C=O) groups is 3. The number of hydrogen-bond acceptors (Lipinski definition) is 6. The maximum Gasteiger partial charge on any atom is 0.306 e. The van der Waals surface area contributed by atoms with Gasteiger partial charge >= 0.3 is 17.9 Å². The number of rotatable bonds is 57. The summed E-state index contributed by atoms with van der Waals surface area (Å²) in [4.78, 5) is 37.9. The maximum absolute atomic E-state index is 12.8. The van der Waals surface area contributed by atoms with Crippen LogP contribution in [0.4, 0.5) is 0 Å². The van der Waals surface area contributed by atoms with E-state index in [1.54, 1.807) is 0 Å². The Bertz CT molecular complexity index is 1230. The van der Waals surface area contributed by atoms with Crippen molar-refractivity contribution < 1.29 is 28.6 Å². The lowest BCUT2D eigenvalue weighted by molar-refractivity contribution is -0.167. The van der Waals surface area contributed by atoms with Gasteiger partial charge in [0.25, 0.3) is 0 Å². The van der Waals surface area contributed by atoms with Crippen LogP contribution in [-0.4, -0.2) is 37.2 Å². The minimum absolute atomic E-state index is 0.0670. The molecule has 0 aromatic rings. The molecular weight excluding hydrogens is 877 g/mol. The van der Waals surface area contributed by atoms with Gasteiger partial charge in [0.1, 0.15) is 13.2 Å². The average molecular weight is 996 g/mol. The molecule has 6 heteroatoms. The Balaban J connectivity index is 3.97. The Morgan fingerprint density at radius 2 is 0.549 bits per heavy atom. The summed E-state index contributed by atoms with van der Waals surface area (Å²) in [6.07, 6.45) is 74.5. The van der Waals surface area contributed by atoms with Gasteiger partial charge in [0, 0.05) is 19.3 Å². The molecule has 0 rings (SSSR count). The number of unbranched alkanes of at least 4 members (excludes halogenated alkanes) is 38. The first-order chi connectivity index (χ1) is 35.0. The predicted molar refractivity (Wildman–Crippen MR) is 307 cm³/mol. The van der Waals surface area contributed by atoms with Crippen molar-refractivity contribution in [3.05, 3.63) is 48.6 Å². The third-order valence-electron chi connectivity index (χ3n) is 13.8. The summed E-state index contributed by atoms with van der Waals surface area (Å²) in [6.45, 7) is 6.51. The molecule has 0 spiro atoms. The molecule has 0 saturated carbocycles. The fourth-order valence-electron chi connectivity index (χ4n) is 9.20. The highest BCUT2D eigenvalue weighted by atomic mass is 16.6. The molecule has 0 amide bonds. The van der Waals surface area contributed by atoms with Crippen LogP contribution in [0.5, 0.6) is 0 Å². The van der Waals surface area contributed by atoms with Crippen molar-refractivity contribution in [2.24, 2.45) is 0 Å². The van der Waals surface area contributed by atoms with Gasteiger partial charge in [-0.25, -0.2) is 0 Å². The Hall–Kier alpha value is -2.63. The molecular formula is C65H118O6. The Labute approximate surface area is 441 Å². The molecule has 0 fully saturated rings. The molecule has 414 valence electrons. The van der Waals surface area contributed by atoms with Gasteiger partial charge in [-0.05, 0) is 57.8 Å². The van der Waals surface area contributed by atoms with Gasteiger partial charge < -0.3 is 14.2 Å². The standard InChI is InChI=1S/C65H118O6/c1-4-7-10-13-16-18-20-22-24-26-27-28-29-30-31-32-33-34-35-36-37-38-39-40-42-43-45-47-49-52-55-58-64(67)70-61-62(60-69-63(66)57-54-51-15-12-9-6-3)71-65(68)59-56-53-50-48-46-44-41-25-23-21-19-17-14-11-8-5-2/h7,10,16,18,22,24,27-28,62H,4-6,8-9,11-15,17,19-21,23,25-26,29-61H2,1-3H3/b10-7-,18-16-,24-22-,28-27-. The molecule has 0 aromatic heterocycles. The summed E-state index contributed by atoms with van der Waals surface area (Å²) < 4.78 is 16.8. The van der Waals surface area contributed by atoms with Gasteiger partial charge in [0.15, 0.2) is 6.10 Å². The van der Waals surface area contributed by atoms with E-state index in [0.717, 1.165) is 83.5 Å². The third kappa shape index (κ3) is 58.1. The van der Waals surface area contributed by atoms with E-state index in [1.807, 2.05) is 0 Å². The van der Waals surface area contributed by atoms with Crippen LogP contribution in [0.15, 0.2) is 48.6 Å². The molecule has 0 aliphatic carbocycles. The smallest absolute Gasteiger partial charge is 0.306 e. The number of hydrogen-bond donors (Lipinski definition) is 0. The first kappa shape index (κ1) is 68.4. The molecule has 0 N–H and O–H groups in total. The molecule has 1 unspecified atom stereocenters. The first-order valence-electron chi connectivity index (χ1n) is 31.1. The Kier molecular flexibility index (Phi) is 57.7. The van der Waals surface area contributed by atoms with Gasteiger partial charge in [-0.15, -0.1) is 0 Å². The first-order valence-corrected chi connectivity index (χ1v) is 31.1. The summed E-state index contributed by atoms with van der Waals surface area (Å²) in [5.41, 5.74) is 0. The zero-order valence-corrected chi connectivity index (χ0v) is 47.5. The Morgan fingerprint density at radius 3 is 0.859 bits per heavy atom. The van der Waals surface area contributed by atoms with Crippen LogP contribution < -0.4 is 0 Å². The third-order valence-corrected chi connectivity index (χ3v) is 13.8. The monoisotopic (exact) mass is 995 g/mol. The van der Waals surface area contributed by atoms with Crippen LogP contribution in [0.1, 0.15) is 329 Å². The van der Waals surface area contributed by atoms with Gasteiger partial charge in [0.05, 0.1) is 0 Å². The van der Waals surface area contributed by atoms with Gasteiger partial charge in [-0.3, -0.25) is 14.4 Å². The summed E-state index contributed by atoms with van der Waals surface area (Å²) in [6, 6.07) is 0. The van der Waals surface area contributed by atoms with Crippen molar-refractivity contribution in [3.8, 4) is 0 Å². The van der Waals surface area contributed by atoms with E-state index in [-0.39, 0.29) is 31.1 Å². The topological polar surface area (TPSA) is 78.9 Å². The lowest BCUT2D eigenvalue weighted by Gasteiger charge is -2.18. The molecule has 0 bridgehead atoms. The highest BCUT2D eigenvalue weighted by molar-refractivity contribution is 5.71. The molecule has 6 nitrogen and oxygen atoms in total. The van der Waals surface area contributed by atoms with Crippen molar-refractivity contribution in [2.45, 2.75) is 335 Å². The van der Waals surface area contributed by atoms with Crippen LogP contribution in [0, 0.1) is 0 Å². The number of carbonyl (C=O) groups excluding carboxylic acids is 3. The van der Waals surface area contributed by atoms with E-state index >= 15 is 0 Å². The summed E-state index contributed by atoms with van der Waals surface area (Å²) in [5.74, 6) is -0.857. The van der Waals surface area contributed by atoms with Crippen LogP contribution in [0.25, 0.3) is 0 Å². The van der Waals surface area contributed by atoms with Crippen LogP contribution in [-0.2, 0) is 28.6 Å². The minimum Gasteiger partial charge on any atom is -0.462 e. The lowest BCUT2D eigenvalue weighted by Crippen LogP contribution is -2.30. The largest absolute Gasteiger partial charge is 0.462 e. The highest BCUT2D eigenvalue weighted by Gasteiger charge is 2.19. The summed E-state index contributed by atoms with van der Waals surface area (Å²) in [7, 11) is 0. The van der Waals surface area contributed by atoms with Gasteiger partial charge in [-0.1, -0.05) is 301 Å². The number of ether oxygens (including phenoxy) is 3. The van der Waals surface area contributed by atoms with E-state index in [4.69, 9.17) is 14.2 Å². The molecule has 1 atom stereocenters. The second-order valence-electron chi connectivity index (χ2n) is 21.0. The molecule has 0 aliphatic heterocycles. The molecule has 0 heterocycles. The Morgan fingerprint density at radius 1 is 0.296 bits per heavy atom. The molecule has 0 aromatic carbocycles. The van der Waals surface area contributed by atoms with Crippen molar-refractivity contribution >= 4 is 17.9 Å². The normalized spacial score (nSPS) is 12.3. The fraction of sp³-hybridized carbons (Fsp3) is 0.831. The van der Waals surface area contributed by atoms with Crippen LogP contribution in [0.3, 0.4) is 0 Å². The minimum atomic E-state index is -0.765. The molecule has 71 heavy (non-hydrogen) atoms. The molecule has 0 saturated heterocycles. The van der Waals surface area contributed by atoms with Crippen molar-refractivity contribution in [1.82, 2.24) is 0 Å². The van der Waals surface area contributed by atoms with Crippen molar-refractivity contribution in [2.75, 3.05) is 13.2 Å². The quantitative estimate of drug-likeness (QED) is 0.0261. The van der Waals surface area contributed by atoms with E-state index in [9.17, 15) is 14.4 Å². The zero-order chi connectivity index (χ0) is 51.4. The second-order valence-corrected chi connectivity index (χ2v) is 21.0. The number of esters is 3. The van der Waals surface area contributed by atoms with E-state index in [2.05, 4.69) is 69.4 Å². The molecule has 0 radical (unpaired) electrons. The van der Waals surface area contributed by atoms with Crippen molar-refractivity contribution in [3.63, 3.8) is 0 Å². The van der Waals surface area contributed by atoms with Crippen molar-refractivity contribution in [1.29, 1.82) is 0 Å². The highest BCUT2D eigenvalue weighted by Crippen LogP contribution is 2.17. The van der Waals surface area contributed by atoms with Gasteiger partial charge in [0.2, 0.25) is 0 Å². The predicted octanol–water partition coefficient (Wildman–Crippen LogP) is 21.0.